The highest BCUT2D eigenvalue weighted by molar-refractivity contribution is 6.30. The van der Waals surface area contributed by atoms with Crippen molar-refractivity contribution in [1.82, 2.24) is 4.90 Å². The summed E-state index contributed by atoms with van der Waals surface area (Å²) in [4.78, 5) is 14.5. The van der Waals surface area contributed by atoms with Crippen LogP contribution in [0.3, 0.4) is 0 Å². The van der Waals surface area contributed by atoms with Crippen molar-refractivity contribution in [1.29, 1.82) is 0 Å². The monoisotopic (exact) mass is 319 g/mol. The van der Waals surface area contributed by atoms with E-state index in [2.05, 4.69) is 0 Å². The molecule has 1 saturated heterocycles. The van der Waals surface area contributed by atoms with Crippen molar-refractivity contribution in [3.05, 3.63) is 59.0 Å². The highest BCUT2D eigenvalue weighted by atomic mass is 35.5. The van der Waals surface area contributed by atoms with Crippen molar-refractivity contribution in [2.75, 3.05) is 6.54 Å². The number of rotatable bonds is 4. The van der Waals surface area contributed by atoms with Gasteiger partial charge in [-0.1, -0.05) is 17.7 Å². The lowest BCUT2D eigenvalue weighted by atomic mass is 10.0. The molecule has 22 heavy (non-hydrogen) atoms. The molecule has 0 saturated carbocycles. The Morgan fingerprint density at radius 3 is 3.00 bits per heavy atom. The van der Waals surface area contributed by atoms with Crippen LogP contribution in [0.25, 0.3) is 0 Å². The van der Waals surface area contributed by atoms with Gasteiger partial charge in [-0.2, -0.15) is 0 Å². The Morgan fingerprint density at radius 2 is 2.27 bits per heavy atom. The molecule has 2 heterocycles. The zero-order valence-electron chi connectivity index (χ0n) is 12.1. The largest absolute Gasteiger partial charge is 0.467 e. The molecule has 3 rings (SSSR count). The molecule has 0 unspecified atom stereocenters. The number of hydrogen-bond acceptors (Lipinski definition) is 3. The maximum Gasteiger partial charge on any atom is 0.254 e. The summed E-state index contributed by atoms with van der Waals surface area (Å²) >= 11 is 5.96. The van der Waals surface area contributed by atoms with Gasteiger partial charge in [-0.15, -0.1) is 0 Å². The lowest BCUT2D eigenvalue weighted by Crippen LogP contribution is -2.36. The highest BCUT2D eigenvalue weighted by Gasteiger charge is 2.31. The zero-order valence-corrected chi connectivity index (χ0v) is 12.9. The summed E-state index contributed by atoms with van der Waals surface area (Å²) in [6.07, 6.45) is 3.18. The van der Waals surface area contributed by atoms with Crippen LogP contribution in [0.5, 0.6) is 0 Å². The third kappa shape index (κ3) is 3.18. The van der Waals surface area contributed by atoms with Crippen molar-refractivity contribution in [2.45, 2.75) is 31.4 Å². The second kappa shape index (κ2) is 6.55. The Labute approximate surface area is 134 Å². The van der Waals surface area contributed by atoms with E-state index < -0.39 is 6.10 Å². The number of furan rings is 1. The number of aliphatic hydroxyl groups is 1. The molecule has 1 amide bonds. The number of nitrogens with zero attached hydrogens (tertiary/aromatic N) is 1. The van der Waals surface area contributed by atoms with Crippen LogP contribution >= 0.6 is 11.6 Å². The fraction of sp³-hybridized carbons (Fsp3) is 0.353. The van der Waals surface area contributed by atoms with E-state index in [-0.39, 0.29) is 11.9 Å². The van der Waals surface area contributed by atoms with Gasteiger partial charge in [0.2, 0.25) is 0 Å². The second-order valence-corrected chi connectivity index (χ2v) is 6.01. The second-order valence-electron chi connectivity index (χ2n) is 5.57. The third-order valence-electron chi connectivity index (χ3n) is 4.08. The highest BCUT2D eigenvalue weighted by Crippen LogP contribution is 2.29. The van der Waals surface area contributed by atoms with Gasteiger partial charge in [0.1, 0.15) is 11.9 Å². The van der Waals surface area contributed by atoms with Crippen LogP contribution in [-0.4, -0.2) is 28.5 Å². The van der Waals surface area contributed by atoms with Crippen LogP contribution in [0.4, 0.5) is 0 Å². The summed E-state index contributed by atoms with van der Waals surface area (Å²) in [6.45, 7) is 0.709. The number of amides is 1. The molecule has 116 valence electrons. The number of hydrogen-bond donors (Lipinski definition) is 1. The molecule has 4 nitrogen and oxygen atoms in total. The Morgan fingerprint density at radius 1 is 1.41 bits per heavy atom. The Balaban J connectivity index is 1.71. The summed E-state index contributed by atoms with van der Waals surface area (Å²) in [5.41, 5.74) is 0.590. The summed E-state index contributed by atoms with van der Waals surface area (Å²) in [7, 11) is 0. The Kier molecular flexibility index (Phi) is 4.50. The van der Waals surface area contributed by atoms with Gasteiger partial charge in [-0.05, 0) is 43.2 Å². The van der Waals surface area contributed by atoms with Crippen LogP contribution in [0.15, 0.2) is 47.1 Å². The lowest BCUT2D eigenvalue weighted by Gasteiger charge is -2.26. The van der Waals surface area contributed by atoms with Gasteiger partial charge in [-0.3, -0.25) is 4.79 Å². The first kappa shape index (κ1) is 15.1. The smallest absolute Gasteiger partial charge is 0.254 e. The van der Waals surface area contributed by atoms with Crippen molar-refractivity contribution >= 4 is 17.5 Å². The van der Waals surface area contributed by atoms with Gasteiger partial charge in [0.05, 0.1) is 6.26 Å². The Hall–Kier alpha value is -1.78. The minimum Gasteiger partial charge on any atom is -0.467 e. The summed E-state index contributed by atoms with van der Waals surface area (Å²) in [6, 6.07) is 10.5. The van der Waals surface area contributed by atoms with E-state index in [9.17, 15) is 9.90 Å². The number of halogens is 1. The maximum absolute atomic E-state index is 12.6. The van der Waals surface area contributed by atoms with Gasteiger partial charge in [0.15, 0.2) is 0 Å². The van der Waals surface area contributed by atoms with E-state index in [0.717, 1.165) is 12.8 Å². The van der Waals surface area contributed by atoms with Gasteiger partial charge < -0.3 is 14.4 Å². The minimum atomic E-state index is -0.687. The standard InChI is InChI=1S/C17H18ClNO3/c18-13-5-1-4-12(10-13)17(21)19-8-2-6-14(19)11-15(20)16-7-3-9-22-16/h1,3-5,7,9-10,14-15,20H,2,6,8,11H2/t14-,15-/m1/s1. The van der Waals surface area contributed by atoms with Crippen LogP contribution in [-0.2, 0) is 0 Å². The molecule has 1 fully saturated rings. The number of aliphatic hydroxyl groups excluding tert-OH is 1. The van der Waals surface area contributed by atoms with Crippen LogP contribution in [0.1, 0.15) is 41.5 Å². The van der Waals surface area contributed by atoms with E-state index in [0.29, 0.717) is 29.3 Å². The zero-order chi connectivity index (χ0) is 15.5. The first-order valence-electron chi connectivity index (χ1n) is 7.43. The van der Waals surface area contributed by atoms with Crippen molar-refractivity contribution in [2.24, 2.45) is 0 Å². The van der Waals surface area contributed by atoms with Crippen molar-refractivity contribution < 1.29 is 14.3 Å². The number of carbonyl (C=O) groups is 1. The first-order valence-corrected chi connectivity index (χ1v) is 7.81. The molecule has 1 aliphatic rings. The molecule has 2 aromatic rings. The van der Waals surface area contributed by atoms with Crippen molar-refractivity contribution in [3.63, 3.8) is 0 Å². The predicted octanol–water partition coefficient (Wildman–Crippen LogP) is 3.66. The molecule has 0 bridgehead atoms. The van der Waals surface area contributed by atoms with Crippen LogP contribution < -0.4 is 0 Å². The van der Waals surface area contributed by atoms with Crippen LogP contribution in [0.2, 0.25) is 5.02 Å². The van der Waals surface area contributed by atoms with E-state index in [4.69, 9.17) is 16.0 Å². The molecular formula is C17H18ClNO3. The fourth-order valence-corrected chi connectivity index (χ4v) is 3.18. The number of likely N-dealkylation sites (tertiary alicyclic amines) is 1. The molecule has 0 aliphatic carbocycles. The molecule has 5 heteroatoms. The molecule has 0 radical (unpaired) electrons. The van der Waals surface area contributed by atoms with Gasteiger partial charge in [-0.25, -0.2) is 0 Å². The molecule has 1 N–H and O–H groups in total. The van der Waals surface area contributed by atoms with E-state index in [1.54, 1.807) is 42.7 Å². The topological polar surface area (TPSA) is 53.7 Å². The molecule has 1 aromatic carbocycles. The SMILES string of the molecule is O=C(c1cccc(Cl)c1)N1CCC[C@@H]1C[C@@H](O)c1ccco1. The number of benzene rings is 1. The molecular weight excluding hydrogens is 302 g/mol. The number of carbonyl (C=O) groups excluding carboxylic acids is 1. The predicted molar refractivity (Wildman–Crippen MR) is 83.8 cm³/mol. The van der Waals surface area contributed by atoms with Gasteiger partial charge in [0.25, 0.3) is 5.91 Å². The van der Waals surface area contributed by atoms with Crippen LogP contribution in [0, 0.1) is 0 Å². The lowest BCUT2D eigenvalue weighted by molar-refractivity contribution is 0.0641. The molecule has 0 spiro atoms. The normalized spacial score (nSPS) is 19.4. The molecule has 2 atom stereocenters. The van der Waals surface area contributed by atoms with Crippen molar-refractivity contribution in [3.8, 4) is 0 Å². The third-order valence-corrected chi connectivity index (χ3v) is 4.31. The Bertz CT molecular complexity index is 641. The maximum atomic E-state index is 12.6. The fourth-order valence-electron chi connectivity index (χ4n) is 2.99. The van der Waals surface area contributed by atoms with E-state index in [1.807, 2.05) is 4.90 Å². The average molecular weight is 320 g/mol. The van der Waals surface area contributed by atoms with E-state index in [1.165, 1.54) is 0 Å². The summed E-state index contributed by atoms with van der Waals surface area (Å²) < 4.78 is 5.23. The molecule has 1 aliphatic heterocycles. The average Bonchev–Trinajstić information content (AvgIpc) is 3.18. The first-order chi connectivity index (χ1) is 10.6. The van der Waals surface area contributed by atoms with Gasteiger partial charge in [0, 0.05) is 29.6 Å². The molecule has 1 aromatic heterocycles. The summed E-state index contributed by atoms with van der Waals surface area (Å²) in [5.74, 6) is 0.513. The van der Waals surface area contributed by atoms with Gasteiger partial charge >= 0.3 is 0 Å². The minimum absolute atomic E-state index is 0.0200. The van der Waals surface area contributed by atoms with E-state index >= 15 is 0 Å². The summed E-state index contributed by atoms with van der Waals surface area (Å²) in [5, 5.41) is 10.8. The quantitative estimate of drug-likeness (QED) is 0.935.